The normalized spacial score (nSPS) is 16.4. The zero-order valence-electron chi connectivity index (χ0n) is 12.6. The third-order valence-corrected chi connectivity index (χ3v) is 3.49. The summed E-state index contributed by atoms with van der Waals surface area (Å²) in [6.07, 6.45) is 4.59. The number of aryl methyl sites for hydroxylation is 1. The van der Waals surface area contributed by atoms with Gasteiger partial charge < -0.3 is 9.88 Å². The number of hydrazone groups is 1. The van der Waals surface area contributed by atoms with Crippen LogP contribution in [0.15, 0.2) is 17.5 Å². The summed E-state index contributed by atoms with van der Waals surface area (Å²) < 4.78 is 1.95. The number of aromatic nitrogens is 2. The van der Waals surface area contributed by atoms with Gasteiger partial charge in [0.15, 0.2) is 0 Å². The summed E-state index contributed by atoms with van der Waals surface area (Å²) in [6.45, 7) is 7.29. The standard InChI is InChI=1S/C14H23N5O/c1-10(2)13(14-15-6-8-18(14)4)16-12(20)9-19-7-5-11(3)17-19/h6,8,10,13H,5,7,9H2,1-4H3,(H,16,20)/t13-/m0/s1. The Hall–Kier alpha value is -1.85. The van der Waals surface area contributed by atoms with Gasteiger partial charge >= 0.3 is 0 Å². The summed E-state index contributed by atoms with van der Waals surface area (Å²) in [5.41, 5.74) is 1.09. The van der Waals surface area contributed by atoms with Crippen LogP contribution in [0.5, 0.6) is 0 Å². The minimum absolute atomic E-state index is 0.00912. The number of amides is 1. The highest BCUT2D eigenvalue weighted by Gasteiger charge is 2.23. The predicted octanol–water partition coefficient (Wildman–Crippen LogP) is 1.31. The fraction of sp³-hybridized carbons (Fsp3) is 0.643. The molecule has 0 fully saturated rings. The summed E-state index contributed by atoms with van der Waals surface area (Å²) in [5, 5.41) is 9.22. The molecule has 1 aliphatic rings. The Bertz CT molecular complexity index is 505. The Morgan fingerprint density at radius 1 is 1.50 bits per heavy atom. The highest BCUT2D eigenvalue weighted by Crippen LogP contribution is 2.19. The first-order valence-corrected chi connectivity index (χ1v) is 7.03. The van der Waals surface area contributed by atoms with E-state index in [-0.39, 0.29) is 17.9 Å². The second-order valence-corrected chi connectivity index (χ2v) is 5.66. The largest absolute Gasteiger partial charge is 0.344 e. The Kier molecular flexibility index (Phi) is 4.42. The number of rotatable bonds is 5. The number of carbonyl (C=O) groups excluding carboxylic acids is 1. The molecule has 0 unspecified atom stereocenters. The summed E-state index contributed by atoms with van der Waals surface area (Å²) in [4.78, 5) is 16.5. The van der Waals surface area contributed by atoms with Crippen LogP contribution in [0.2, 0.25) is 0 Å². The Morgan fingerprint density at radius 3 is 2.75 bits per heavy atom. The molecule has 1 aromatic rings. The van der Waals surface area contributed by atoms with Gasteiger partial charge in [-0.25, -0.2) is 4.98 Å². The van der Waals surface area contributed by atoms with Crippen LogP contribution in [0.1, 0.15) is 39.1 Å². The van der Waals surface area contributed by atoms with E-state index in [0.29, 0.717) is 6.54 Å². The molecule has 0 bridgehead atoms. The van der Waals surface area contributed by atoms with Crippen molar-refractivity contribution in [1.82, 2.24) is 19.9 Å². The van der Waals surface area contributed by atoms with E-state index in [0.717, 1.165) is 24.5 Å². The Morgan fingerprint density at radius 2 is 2.25 bits per heavy atom. The van der Waals surface area contributed by atoms with E-state index in [9.17, 15) is 4.79 Å². The highest BCUT2D eigenvalue weighted by molar-refractivity contribution is 5.84. The van der Waals surface area contributed by atoms with Crippen molar-refractivity contribution in [1.29, 1.82) is 0 Å². The molecule has 20 heavy (non-hydrogen) atoms. The summed E-state index contributed by atoms with van der Waals surface area (Å²) >= 11 is 0. The van der Waals surface area contributed by atoms with Crippen LogP contribution in [0.25, 0.3) is 0 Å². The lowest BCUT2D eigenvalue weighted by Crippen LogP contribution is -2.39. The number of imidazole rings is 1. The van der Waals surface area contributed by atoms with Crippen molar-refractivity contribution in [2.24, 2.45) is 18.1 Å². The first-order chi connectivity index (χ1) is 9.47. The minimum atomic E-state index is -0.0739. The van der Waals surface area contributed by atoms with Crippen molar-refractivity contribution in [3.8, 4) is 0 Å². The minimum Gasteiger partial charge on any atom is -0.344 e. The number of carbonyl (C=O) groups is 1. The zero-order valence-corrected chi connectivity index (χ0v) is 12.6. The molecular weight excluding hydrogens is 254 g/mol. The van der Waals surface area contributed by atoms with Crippen LogP contribution in [0, 0.1) is 5.92 Å². The van der Waals surface area contributed by atoms with Crippen LogP contribution in [0.4, 0.5) is 0 Å². The maximum absolute atomic E-state index is 12.2. The lowest BCUT2D eigenvalue weighted by molar-refractivity contribution is -0.123. The summed E-state index contributed by atoms with van der Waals surface area (Å²) in [6, 6.07) is -0.0739. The molecule has 0 radical (unpaired) electrons. The smallest absolute Gasteiger partial charge is 0.241 e. The van der Waals surface area contributed by atoms with Gasteiger partial charge in [0.25, 0.3) is 0 Å². The van der Waals surface area contributed by atoms with Crippen LogP contribution in [-0.2, 0) is 11.8 Å². The van der Waals surface area contributed by atoms with Gasteiger partial charge in [0.2, 0.25) is 5.91 Å². The van der Waals surface area contributed by atoms with Crippen LogP contribution in [-0.4, -0.2) is 39.3 Å². The Balaban J connectivity index is 1.98. The van der Waals surface area contributed by atoms with Gasteiger partial charge in [-0.1, -0.05) is 13.8 Å². The third kappa shape index (κ3) is 3.37. The van der Waals surface area contributed by atoms with Gasteiger partial charge in [0.1, 0.15) is 12.4 Å². The average Bonchev–Trinajstić information content (AvgIpc) is 2.95. The molecule has 2 heterocycles. The average molecular weight is 277 g/mol. The van der Waals surface area contributed by atoms with Crippen molar-refractivity contribution in [2.75, 3.05) is 13.1 Å². The number of hydrogen-bond donors (Lipinski definition) is 1. The number of nitrogens with zero attached hydrogens (tertiary/aromatic N) is 4. The monoisotopic (exact) mass is 277 g/mol. The topological polar surface area (TPSA) is 62.5 Å². The Labute approximate surface area is 119 Å². The van der Waals surface area contributed by atoms with E-state index in [1.165, 1.54) is 0 Å². The van der Waals surface area contributed by atoms with E-state index in [4.69, 9.17) is 0 Å². The van der Waals surface area contributed by atoms with Crippen LogP contribution < -0.4 is 5.32 Å². The molecular formula is C14H23N5O. The van der Waals surface area contributed by atoms with Gasteiger partial charge in [-0.05, 0) is 12.8 Å². The lowest BCUT2D eigenvalue weighted by atomic mass is 10.0. The maximum Gasteiger partial charge on any atom is 0.241 e. The lowest BCUT2D eigenvalue weighted by Gasteiger charge is -2.23. The maximum atomic E-state index is 12.2. The van der Waals surface area contributed by atoms with Gasteiger partial charge in [-0.3, -0.25) is 9.80 Å². The number of hydrogen-bond acceptors (Lipinski definition) is 4. The molecule has 1 atom stereocenters. The van der Waals surface area contributed by atoms with Crippen LogP contribution >= 0.6 is 0 Å². The van der Waals surface area contributed by atoms with E-state index < -0.39 is 0 Å². The summed E-state index contributed by atoms with van der Waals surface area (Å²) in [5.74, 6) is 1.16. The zero-order chi connectivity index (χ0) is 14.7. The first-order valence-electron chi connectivity index (χ1n) is 7.03. The third-order valence-electron chi connectivity index (χ3n) is 3.49. The highest BCUT2D eigenvalue weighted by atomic mass is 16.2. The fourth-order valence-electron chi connectivity index (χ4n) is 2.34. The molecule has 0 aliphatic carbocycles. The van der Waals surface area contributed by atoms with Gasteiger partial charge in [-0.2, -0.15) is 5.10 Å². The second-order valence-electron chi connectivity index (χ2n) is 5.66. The van der Waals surface area contributed by atoms with Crippen molar-refractivity contribution >= 4 is 11.6 Å². The quantitative estimate of drug-likeness (QED) is 0.883. The molecule has 2 rings (SSSR count). The molecule has 110 valence electrons. The van der Waals surface area contributed by atoms with Crippen molar-refractivity contribution in [3.63, 3.8) is 0 Å². The molecule has 1 N–H and O–H groups in total. The van der Waals surface area contributed by atoms with Gasteiger partial charge in [0, 0.05) is 38.1 Å². The number of nitrogens with one attached hydrogen (secondary N) is 1. The van der Waals surface area contributed by atoms with Gasteiger partial charge in [-0.15, -0.1) is 0 Å². The predicted molar refractivity (Wildman–Crippen MR) is 78.2 cm³/mol. The van der Waals surface area contributed by atoms with Crippen molar-refractivity contribution in [3.05, 3.63) is 18.2 Å². The van der Waals surface area contributed by atoms with E-state index in [2.05, 4.69) is 29.2 Å². The molecule has 1 aliphatic heterocycles. The van der Waals surface area contributed by atoms with Crippen molar-refractivity contribution in [2.45, 2.75) is 33.2 Å². The first kappa shape index (κ1) is 14.6. The van der Waals surface area contributed by atoms with E-state index in [1.807, 2.05) is 29.7 Å². The van der Waals surface area contributed by atoms with E-state index >= 15 is 0 Å². The molecule has 0 saturated carbocycles. The molecule has 1 amide bonds. The summed E-state index contributed by atoms with van der Waals surface area (Å²) in [7, 11) is 1.94. The fourth-order valence-corrected chi connectivity index (χ4v) is 2.34. The molecule has 0 saturated heterocycles. The van der Waals surface area contributed by atoms with Crippen LogP contribution in [0.3, 0.4) is 0 Å². The molecule has 0 spiro atoms. The molecule has 6 heteroatoms. The van der Waals surface area contributed by atoms with Gasteiger partial charge in [0.05, 0.1) is 6.04 Å². The SMILES string of the molecule is CC1=NN(CC(=O)N[C@H](c2nccn2C)C(C)C)CC1. The molecule has 0 aromatic carbocycles. The molecule has 6 nitrogen and oxygen atoms in total. The molecule has 1 aromatic heterocycles. The van der Waals surface area contributed by atoms with Crippen molar-refractivity contribution < 1.29 is 4.79 Å². The second kappa shape index (κ2) is 6.07. The van der Waals surface area contributed by atoms with E-state index in [1.54, 1.807) is 6.20 Å².